The van der Waals surface area contributed by atoms with Crippen molar-refractivity contribution < 1.29 is 4.79 Å². The van der Waals surface area contributed by atoms with Gasteiger partial charge >= 0.3 is 0 Å². The van der Waals surface area contributed by atoms with Gasteiger partial charge in [0.25, 0.3) is 0 Å². The van der Waals surface area contributed by atoms with E-state index in [2.05, 4.69) is 84.1 Å². The minimum atomic E-state index is -1.94. The molecule has 0 amide bonds. The first kappa shape index (κ1) is 23.5. The zero-order chi connectivity index (χ0) is 20.9. The van der Waals surface area contributed by atoms with E-state index in [1.165, 1.54) is 0 Å². The maximum Gasteiger partial charge on any atom is 0.170 e. The van der Waals surface area contributed by atoms with Gasteiger partial charge in [-0.15, -0.1) is 11.1 Å². The topological polar surface area (TPSA) is 17.1 Å². The summed E-state index contributed by atoms with van der Waals surface area (Å²) in [6.45, 7) is 20.3. The average Bonchev–Trinajstić information content (AvgIpc) is 2.57. The maximum atomic E-state index is 12.4. The first-order valence-electron chi connectivity index (χ1n) is 10.0. The third-order valence-electron chi connectivity index (χ3n) is 5.38. The van der Waals surface area contributed by atoms with Gasteiger partial charge in [-0.05, 0) is 22.2 Å². The molecule has 3 heteroatoms. The molecule has 0 aliphatic rings. The molecule has 1 rings (SSSR count). The first-order chi connectivity index (χ1) is 12.4. The van der Waals surface area contributed by atoms with Crippen molar-refractivity contribution in [2.75, 3.05) is 0 Å². The van der Waals surface area contributed by atoms with Crippen LogP contribution in [0.25, 0.3) is 0 Å². The molecule has 1 aromatic carbocycles. The smallest absolute Gasteiger partial charge is 0.170 e. The fourth-order valence-electron chi connectivity index (χ4n) is 3.93. The summed E-state index contributed by atoms with van der Waals surface area (Å²) in [5.74, 6) is 6.77. The zero-order valence-corrected chi connectivity index (χ0v) is 20.6. The Bertz CT molecular complexity index is 727. The van der Waals surface area contributed by atoms with Crippen molar-refractivity contribution in [3.8, 4) is 22.9 Å². The molecule has 0 saturated heterocycles. The van der Waals surface area contributed by atoms with Crippen molar-refractivity contribution in [2.45, 2.75) is 83.2 Å². The monoisotopic (exact) mass is 396 g/mol. The average molecular weight is 397 g/mol. The van der Waals surface area contributed by atoms with Crippen LogP contribution in [0.3, 0.4) is 0 Å². The van der Waals surface area contributed by atoms with E-state index in [1.54, 1.807) is 0 Å². The summed E-state index contributed by atoms with van der Waals surface area (Å²) < 4.78 is 0. The van der Waals surface area contributed by atoms with Gasteiger partial charge in [0.15, 0.2) is 11.7 Å². The molecule has 1 atom stereocenters. The standard InChI is InChI=1S/C24H36OSi2/c1-20(2)27(21(3)4,22(5)6)18-16-24(19-25,15-17-26(7,8)9)23-13-11-10-12-14-23/h10-14,19-22H,1-9H3/t24-/m1/s1. The van der Waals surface area contributed by atoms with E-state index < -0.39 is 21.6 Å². The van der Waals surface area contributed by atoms with Gasteiger partial charge in [0, 0.05) is 0 Å². The Morgan fingerprint density at radius 3 is 1.63 bits per heavy atom. The Balaban J connectivity index is 3.75. The van der Waals surface area contributed by atoms with Gasteiger partial charge < -0.3 is 4.79 Å². The molecule has 0 saturated carbocycles. The summed E-state index contributed by atoms with van der Waals surface area (Å²) in [4.78, 5) is 12.4. The largest absolute Gasteiger partial charge is 0.300 e. The van der Waals surface area contributed by atoms with Crippen LogP contribution in [0.4, 0.5) is 0 Å². The fraction of sp³-hybridized carbons (Fsp3) is 0.542. The summed E-state index contributed by atoms with van der Waals surface area (Å²) in [6, 6.07) is 9.84. The van der Waals surface area contributed by atoms with Gasteiger partial charge in [0.05, 0.1) is 0 Å². The summed E-state index contributed by atoms with van der Waals surface area (Å²) in [6.07, 6.45) is 0.961. The molecule has 0 unspecified atom stereocenters. The van der Waals surface area contributed by atoms with Crippen molar-refractivity contribution in [3.05, 3.63) is 35.9 Å². The molecule has 27 heavy (non-hydrogen) atoms. The van der Waals surface area contributed by atoms with E-state index in [4.69, 9.17) is 0 Å². The lowest BCUT2D eigenvalue weighted by Gasteiger charge is -2.38. The van der Waals surface area contributed by atoms with Crippen LogP contribution in [-0.2, 0) is 10.2 Å². The van der Waals surface area contributed by atoms with Gasteiger partial charge in [0.1, 0.15) is 16.1 Å². The summed E-state index contributed by atoms with van der Waals surface area (Å²) in [7, 11) is -3.57. The molecule has 1 aromatic rings. The number of aldehydes is 1. The highest BCUT2D eigenvalue weighted by Crippen LogP contribution is 2.41. The number of carbonyl (C=O) groups is 1. The zero-order valence-electron chi connectivity index (χ0n) is 18.6. The van der Waals surface area contributed by atoms with Crippen LogP contribution in [-0.4, -0.2) is 22.4 Å². The Labute approximate surface area is 169 Å². The molecule has 0 radical (unpaired) electrons. The molecule has 1 nitrogen and oxygen atoms in total. The highest BCUT2D eigenvalue weighted by molar-refractivity contribution is 6.90. The van der Waals surface area contributed by atoms with Crippen molar-refractivity contribution in [1.82, 2.24) is 0 Å². The Morgan fingerprint density at radius 2 is 1.26 bits per heavy atom. The highest BCUT2D eigenvalue weighted by Gasteiger charge is 2.42. The van der Waals surface area contributed by atoms with E-state index in [0.29, 0.717) is 16.6 Å². The lowest BCUT2D eigenvalue weighted by molar-refractivity contribution is -0.109. The minimum Gasteiger partial charge on any atom is -0.300 e. The molecule has 0 aromatic heterocycles. The van der Waals surface area contributed by atoms with Crippen molar-refractivity contribution in [2.24, 2.45) is 0 Å². The van der Waals surface area contributed by atoms with Crippen molar-refractivity contribution in [1.29, 1.82) is 0 Å². The van der Waals surface area contributed by atoms with Crippen LogP contribution in [0.15, 0.2) is 30.3 Å². The molecule has 0 N–H and O–H groups in total. The Morgan fingerprint density at radius 1 is 0.815 bits per heavy atom. The minimum absolute atomic E-state index is 0.523. The SMILES string of the molecule is CC(C)[Si](C#C[C@](C#C[Si](C)(C)C)(C=O)c1ccccc1)(C(C)C)C(C)C. The molecular formula is C24H36OSi2. The van der Waals surface area contributed by atoms with Crippen LogP contribution in [0.2, 0.25) is 36.3 Å². The maximum absolute atomic E-state index is 12.4. The Hall–Kier alpha value is -1.56. The molecule has 146 valence electrons. The second-order valence-corrected chi connectivity index (χ2v) is 19.8. The van der Waals surface area contributed by atoms with E-state index in [1.807, 2.05) is 30.3 Å². The summed E-state index contributed by atoms with van der Waals surface area (Å²) in [5, 5.41) is 0. The van der Waals surface area contributed by atoms with E-state index >= 15 is 0 Å². The lowest BCUT2D eigenvalue weighted by atomic mass is 9.84. The van der Waals surface area contributed by atoms with Gasteiger partial charge in [-0.3, -0.25) is 0 Å². The number of benzene rings is 1. The number of hydrogen-bond donors (Lipinski definition) is 0. The predicted molar refractivity (Wildman–Crippen MR) is 124 cm³/mol. The molecule has 0 fully saturated rings. The second kappa shape index (κ2) is 9.09. The van der Waals surface area contributed by atoms with Gasteiger partial charge in [0.2, 0.25) is 0 Å². The van der Waals surface area contributed by atoms with E-state index in [-0.39, 0.29) is 0 Å². The second-order valence-electron chi connectivity index (χ2n) is 9.44. The first-order valence-corrected chi connectivity index (χ1v) is 15.7. The molecular weight excluding hydrogens is 360 g/mol. The van der Waals surface area contributed by atoms with Gasteiger partial charge in [-0.25, -0.2) is 0 Å². The summed E-state index contributed by atoms with van der Waals surface area (Å²) >= 11 is 0. The third kappa shape index (κ3) is 5.47. The normalized spacial score (nSPS) is 14.2. The van der Waals surface area contributed by atoms with Crippen molar-refractivity contribution in [3.63, 3.8) is 0 Å². The number of rotatable bonds is 5. The van der Waals surface area contributed by atoms with Crippen molar-refractivity contribution >= 4 is 22.4 Å². The molecule has 0 spiro atoms. The number of carbonyl (C=O) groups excluding carboxylic acids is 1. The molecule has 0 heterocycles. The van der Waals surface area contributed by atoms with Crippen LogP contribution >= 0.6 is 0 Å². The van der Waals surface area contributed by atoms with Crippen LogP contribution in [0.1, 0.15) is 47.1 Å². The van der Waals surface area contributed by atoms with E-state index in [0.717, 1.165) is 11.8 Å². The lowest BCUT2D eigenvalue weighted by Crippen LogP contribution is -2.44. The third-order valence-corrected chi connectivity index (χ3v) is 12.5. The van der Waals surface area contributed by atoms with Crippen LogP contribution in [0, 0.1) is 22.9 Å². The number of hydrogen-bond acceptors (Lipinski definition) is 1. The summed E-state index contributed by atoms with van der Waals surface area (Å²) in [5.41, 5.74) is 8.56. The fourth-order valence-corrected chi connectivity index (χ4v) is 9.78. The van der Waals surface area contributed by atoms with Gasteiger partial charge in [-0.1, -0.05) is 103 Å². The molecule has 0 bridgehead atoms. The quantitative estimate of drug-likeness (QED) is 0.328. The Kier molecular flexibility index (Phi) is 7.91. The van der Waals surface area contributed by atoms with Crippen LogP contribution in [0.5, 0.6) is 0 Å². The molecule has 0 aliphatic carbocycles. The predicted octanol–water partition coefficient (Wildman–Crippen LogP) is 6.23. The van der Waals surface area contributed by atoms with Gasteiger partial charge in [-0.2, -0.15) is 0 Å². The van der Waals surface area contributed by atoms with Crippen LogP contribution < -0.4 is 0 Å². The highest BCUT2D eigenvalue weighted by atomic mass is 28.3. The van der Waals surface area contributed by atoms with E-state index in [9.17, 15) is 4.79 Å². The molecule has 0 aliphatic heterocycles.